The maximum atomic E-state index is 13.8. The van der Waals surface area contributed by atoms with Crippen LogP contribution < -0.4 is 5.32 Å². The van der Waals surface area contributed by atoms with E-state index in [2.05, 4.69) is 5.32 Å². The fourth-order valence-corrected chi connectivity index (χ4v) is 4.86. The average Bonchev–Trinajstić information content (AvgIpc) is 2.81. The zero-order chi connectivity index (χ0) is 30.0. The number of aliphatic hydroxyl groups is 1. The quantitative estimate of drug-likeness (QED) is 0.426. The van der Waals surface area contributed by atoms with Gasteiger partial charge in [0.2, 0.25) is 5.91 Å². The summed E-state index contributed by atoms with van der Waals surface area (Å²) in [6.07, 6.45) is -10.5. The first-order chi connectivity index (χ1) is 18.5. The van der Waals surface area contributed by atoms with Gasteiger partial charge in [0.25, 0.3) is 0 Å². The first-order valence-corrected chi connectivity index (χ1v) is 12.5. The molecule has 0 aromatic heterocycles. The molecule has 1 aliphatic rings. The molecule has 2 N–H and O–H groups in total. The maximum absolute atomic E-state index is 13.8. The smallest absolute Gasteiger partial charge is 0.393 e. The lowest BCUT2D eigenvalue weighted by atomic mass is 9.89. The average molecular weight is 578 g/mol. The highest BCUT2D eigenvalue weighted by molar-refractivity contribution is 5.77. The summed E-state index contributed by atoms with van der Waals surface area (Å²) in [5.74, 6) is -0.893. The lowest BCUT2D eigenvalue weighted by Crippen LogP contribution is -2.51. The molecule has 1 aliphatic heterocycles. The second kappa shape index (κ2) is 12.0. The molecule has 6 nitrogen and oxygen atoms in total. The van der Waals surface area contributed by atoms with Crippen molar-refractivity contribution in [2.75, 3.05) is 13.6 Å². The zero-order valence-electron chi connectivity index (χ0n) is 22.0. The van der Waals surface area contributed by atoms with E-state index in [9.17, 15) is 45.4 Å². The third kappa shape index (κ3) is 7.86. The number of likely N-dealkylation sites (tertiary alicyclic amines) is 1. The van der Waals surface area contributed by atoms with Gasteiger partial charge in [0, 0.05) is 26.2 Å². The minimum absolute atomic E-state index is 0.0231. The number of nitrogens with one attached hydrogen (secondary N) is 1. The fourth-order valence-electron chi connectivity index (χ4n) is 4.86. The van der Waals surface area contributed by atoms with Gasteiger partial charge in [-0.3, -0.25) is 4.79 Å². The molecule has 3 rings (SSSR count). The van der Waals surface area contributed by atoms with Crippen LogP contribution in [0.1, 0.15) is 60.0 Å². The molecule has 2 aromatic rings. The number of hydrogen-bond acceptors (Lipinski definition) is 3. The summed E-state index contributed by atoms with van der Waals surface area (Å²) in [4.78, 5) is 28.2. The molecule has 220 valence electrons. The molecule has 3 amide bonds. The molecule has 0 radical (unpaired) electrons. The highest BCUT2D eigenvalue weighted by atomic mass is 19.4. The van der Waals surface area contributed by atoms with Gasteiger partial charge in [-0.2, -0.15) is 26.3 Å². The van der Waals surface area contributed by atoms with Gasteiger partial charge >= 0.3 is 18.4 Å². The van der Waals surface area contributed by atoms with Gasteiger partial charge in [-0.05, 0) is 73.7 Å². The van der Waals surface area contributed by atoms with E-state index < -0.39 is 66.0 Å². The number of halogens is 7. The summed E-state index contributed by atoms with van der Waals surface area (Å²) in [6.45, 7) is 2.66. The van der Waals surface area contributed by atoms with E-state index >= 15 is 0 Å². The number of benzene rings is 2. The third-order valence-electron chi connectivity index (χ3n) is 6.68. The zero-order valence-corrected chi connectivity index (χ0v) is 22.0. The van der Waals surface area contributed by atoms with Crippen LogP contribution in [0, 0.1) is 12.7 Å². The third-order valence-corrected chi connectivity index (χ3v) is 6.68. The number of carbonyl (C=O) groups excluding carboxylic acids is 2. The van der Waals surface area contributed by atoms with Crippen LogP contribution >= 0.6 is 0 Å². The molecule has 1 saturated heterocycles. The van der Waals surface area contributed by atoms with Crippen molar-refractivity contribution < 1.29 is 45.4 Å². The Kier molecular flexibility index (Phi) is 9.38. The van der Waals surface area contributed by atoms with Crippen LogP contribution in [0.2, 0.25) is 0 Å². The topological polar surface area (TPSA) is 72.9 Å². The number of aliphatic hydroxyl groups excluding tert-OH is 1. The summed E-state index contributed by atoms with van der Waals surface area (Å²) in [5, 5.41) is 12.3. The van der Waals surface area contributed by atoms with Crippen LogP contribution in [-0.2, 0) is 23.7 Å². The second-order valence-electron chi connectivity index (χ2n) is 10.1. The predicted molar refractivity (Wildman–Crippen MR) is 131 cm³/mol. The van der Waals surface area contributed by atoms with Gasteiger partial charge in [0.1, 0.15) is 5.82 Å². The van der Waals surface area contributed by atoms with Crippen LogP contribution in [0.3, 0.4) is 0 Å². The van der Waals surface area contributed by atoms with Crippen molar-refractivity contribution in [1.82, 2.24) is 15.1 Å². The molecule has 0 aliphatic carbocycles. The summed E-state index contributed by atoms with van der Waals surface area (Å²) < 4.78 is 93.6. The summed E-state index contributed by atoms with van der Waals surface area (Å²) in [7, 11) is 1.26. The van der Waals surface area contributed by atoms with Crippen molar-refractivity contribution in [2.24, 2.45) is 0 Å². The van der Waals surface area contributed by atoms with Gasteiger partial charge in [0.05, 0.1) is 29.7 Å². The van der Waals surface area contributed by atoms with Crippen LogP contribution in [0.15, 0.2) is 36.4 Å². The highest BCUT2D eigenvalue weighted by Crippen LogP contribution is 2.37. The number of aryl methyl sites for hydroxylation is 1. The Morgan fingerprint density at radius 2 is 1.68 bits per heavy atom. The van der Waals surface area contributed by atoms with Crippen molar-refractivity contribution in [3.05, 3.63) is 70.0 Å². The summed E-state index contributed by atoms with van der Waals surface area (Å²) in [5.41, 5.74) is -2.21. The number of amides is 3. The molecule has 0 bridgehead atoms. The molecule has 0 saturated carbocycles. The Morgan fingerprint density at radius 3 is 2.20 bits per heavy atom. The first-order valence-electron chi connectivity index (χ1n) is 12.5. The lowest BCUT2D eigenvalue weighted by molar-refractivity contribution is -0.143. The molecule has 2 aromatic carbocycles. The minimum Gasteiger partial charge on any atom is -0.393 e. The molecule has 0 spiro atoms. The number of alkyl halides is 6. The Hall–Kier alpha value is -3.35. The Bertz CT molecular complexity index is 1200. The first kappa shape index (κ1) is 31.2. The van der Waals surface area contributed by atoms with Crippen LogP contribution in [0.5, 0.6) is 0 Å². The van der Waals surface area contributed by atoms with Gasteiger partial charge in [-0.15, -0.1) is 0 Å². The van der Waals surface area contributed by atoms with E-state index in [1.165, 1.54) is 37.1 Å². The van der Waals surface area contributed by atoms with E-state index in [0.717, 1.165) is 4.90 Å². The number of carbonyl (C=O) groups is 2. The summed E-state index contributed by atoms with van der Waals surface area (Å²) in [6, 6.07) is 3.43. The number of hydrogen-bond donors (Lipinski definition) is 2. The predicted octanol–water partition coefficient (Wildman–Crippen LogP) is 5.82. The molecular weight excluding hydrogens is 547 g/mol. The fraction of sp³-hybridized carbons (Fsp3) is 0.481. The standard InChI is InChI=1S/C27H30F7N3O3/c1-15-8-20(28)4-5-22(15)23-13-21(35-24(39)9-16(2)38)6-7-37(23)25(40)36(3)14-17-10-18(26(29,30)31)12-19(11-17)27(32,33)34/h4-5,8,10-12,16,21,23,38H,6-7,9,13-14H2,1-3H3,(H,35,39)/t16-,21+,23-/m1/s1. The number of piperidine rings is 1. The lowest BCUT2D eigenvalue weighted by Gasteiger charge is -2.42. The Balaban J connectivity index is 1.89. The molecule has 1 fully saturated rings. The Labute approximate surface area is 226 Å². The molecule has 1 heterocycles. The van der Waals surface area contributed by atoms with Crippen molar-refractivity contribution in [3.8, 4) is 0 Å². The van der Waals surface area contributed by atoms with Crippen LogP contribution in [0.25, 0.3) is 0 Å². The van der Waals surface area contributed by atoms with Gasteiger partial charge in [-0.1, -0.05) is 6.07 Å². The van der Waals surface area contributed by atoms with E-state index in [0.29, 0.717) is 29.7 Å². The van der Waals surface area contributed by atoms with Gasteiger partial charge < -0.3 is 20.2 Å². The van der Waals surface area contributed by atoms with Crippen LogP contribution in [-0.4, -0.2) is 52.6 Å². The molecule has 3 atom stereocenters. The molecule has 0 unspecified atom stereocenters. The second-order valence-corrected chi connectivity index (χ2v) is 10.1. The van der Waals surface area contributed by atoms with E-state index in [-0.39, 0.29) is 31.0 Å². The number of urea groups is 1. The molecular formula is C27H30F7N3O3. The molecule has 13 heteroatoms. The van der Waals surface area contributed by atoms with E-state index in [1.807, 2.05) is 0 Å². The normalized spacial score (nSPS) is 18.8. The van der Waals surface area contributed by atoms with Gasteiger partial charge in [-0.25, -0.2) is 9.18 Å². The van der Waals surface area contributed by atoms with Crippen molar-refractivity contribution in [1.29, 1.82) is 0 Å². The van der Waals surface area contributed by atoms with Gasteiger partial charge in [0.15, 0.2) is 0 Å². The highest BCUT2D eigenvalue weighted by Gasteiger charge is 2.38. The van der Waals surface area contributed by atoms with E-state index in [1.54, 1.807) is 6.92 Å². The largest absolute Gasteiger partial charge is 0.416 e. The van der Waals surface area contributed by atoms with E-state index in [4.69, 9.17) is 0 Å². The molecule has 40 heavy (non-hydrogen) atoms. The van der Waals surface area contributed by atoms with Crippen molar-refractivity contribution >= 4 is 11.9 Å². The minimum atomic E-state index is -5.02. The number of nitrogens with zero attached hydrogens (tertiary/aromatic N) is 2. The van der Waals surface area contributed by atoms with Crippen molar-refractivity contribution in [2.45, 2.75) is 70.2 Å². The maximum Gasteiger partial charge on any atom is 0.416 e. The SMILES string of the molecule is Cc1cc(F)ccc1[C@H]1C[C@@H](NC(=O)C[C@@H](C)O)CCN1C(=O)N(C)Cc1cc(C(F)(F)F)cc(C(F)(F)F)c1. The monoisotopic (exact) mass is 577 g/mol. The number of rotatable bonds is 6. The van der Waals surface area contributed by atoms with Crippen molar-refractivity contribution in [3.63, 3.8) is 0 Å². The Morgan fingerprint density at radius 1 is 1.07 bits per heavy atom. The van der Waals surface area contributed by atoms with Crippen LogP contribution in [0.4, 0.5) is 35.5 Å². The summed E-state index contributed by atoms with van der Waals surface area (Å²) >= 11 is 0.